The van der Waals surface area contributed by atoms with Crippen molar-refractivity contribution in [2.24, 2.45) is 5.41 Å². The SMILES string of the molecule is CCN1CCN(CC2(CBr)CCC2)CC1C. The predicted octanol–water partition coefficient (Wildman–Crippen LogP) is 2.58. The molecule has 2 aliphatic rings. The summed E-state index contributed by atoms with van der Waals surface area (Å²) in [6, 6.07) is 0.742. The molecule has 1 heterocycles. The van der Waals surface area contributed by atoms with Crippen LogP contribution in [-0.2, 0) is 0 Å². The molecule has 1 aliphatic heterocycles. The van der Waals surface area contributed by atoms with E-state index in [1.54, 1.807) is 0 Å². The van der Waals surface area contributed by atoms with Gasteiger partial charge in [0.2, 0.25) is 0 Å². The van der Waals surface area contributed by atoms with Crippen LogP contribution >= 0.6 is 15.9 Å². The van der Waals surface area contributed by atoms with Crippen LogP contribution in [0.3, 0.4) is 0 Å². The van der Waals surface area contributed by atoms with E-state index in [0.29, 0.717) is 5.41 Å². The van der Waals surface area contributed by atoms with Gasteiger partial charge in [0.1, 0.15) is 0 Å². The lowest BCUT2D eigenvalue weighted by molar-refractivity contribution is 0.0325. The minimum absolute atomic E-state index is 0.619. The molecule has 1 atom stereocenters. The van der Waals surface area contributed by atoms with Crippen LogP contribution in [0.2, 0.25) is 0 Å². The highest BCUT2D eigenvalue weighted by Gasteiger charge is 2.38. The van der Waals surface area contributed by atoms with Crippen molar-refractivity contribution in [1.82, 2.24) is 9.80 Å². The van der Waals surface area contributed by atoms with Crippen molar-refractivity contribution in [3.05, 3.63) is 0 Å². The molecule has 1 unspecified atom stereocenters. The molecule has 0 aromatic carbocycles. The van der Waals surface area contributed by atoms with Gasteiger partial charge in [0.15, 0.2) is 0 Å². The largest absolute Gasteiger partial charge is 0.300 e. The average molecular weight is 289 g/mol. The van der Waals surface area contributed by atoms with Crippen LogP contribution in [0.1, 0.15) is 33.1 Å². The summed E-state index contributed by atoms with van der Waals surface area (Å²) in [6.45, 7) is 11.0. The Labute approximate surface area is 108 Å². The fourth-order valence-corrected chi connectivity index (χ4v) is 3.91. The highest BCUT2D eigenvalue weighted by atomic mass is 79.9. The molecule has 2 fully saturated rings. The van der Waals surface area contributed by atoms with Crippen molar-refractivity contribution in [2.75, 3.05) is 38.1 Å². The normalized spacial score (nSPS) is 31.3. The highest BCUT2D eigenvalue weighted by Crippen LogP contribution is 2.43. The molecular weight excluding hydrogens is 264 g/mol. The van der Waals surface area contributed by atoms with Crippen LogP contribution in [0.15, 0.2) is 0 Å². The number of rotatable bonds is 4. The Hall–Kier alpha value is 0.400. The van der Waals surface area contributed by atoms with Gasteiger partial charge in [-0.25, -0.2) is 0 Å². The summed E-state index contributed by atoms with van der Waals surface area (Å²) in [6.07, 6.45) is 4.30. The molecule has 2 rings (SSSR count). The molecule has 0 bridgehead atoms. The van der Waals surface area contributed by atoms with Crippen LogP contribution < -0.4 is 0 Å². The lowest BCUT2D eigenvalue weighted by Gasteiger charge is -2.47. The topological polar surface area (TPSA) is 6.48 Å². The van der Waals surface area contributed by atoms with Crippen LogP contribution in [0, 0.1) is 5.41 Å². The second-order valence-electron chi connectivity index (χ2n) is 5.70. The molecule has 0 aromatic heterocycles. The lowest BCUT2D eigenvalue weighted by atomic mass is 9.70. The molecular formula is C13H25BrN2. The predicted molar refractivity (Wildman–Crippen MR) is 73.2 cm³/mol. The fraction of sp³-hybridized carbons (Fsp3) is 1.00. The first kappa shape index (κ1) is 12.8. The number of halogens is 1. The first-order valence-corrected chi connectivity index (χ1v) is 7.83. The third kappa shape index (κ3) is 2.62. The van der Waals surface area contributed by atoms with Gasteiger partial charge in [-0.15, -0.1) is 0 Å². The quantitative estimate of drug-likeness (QED) is 0.734. The Morgan fingerprint density at radius 2 is 2.06 bits per heavy atom. The molecule has 0 amide bonds. The van der Waals surface area contributed by atoms with Crippen molar-refractivity contribution in [3.63, 3.8) is 0 Å². The summed E-state index contributed by atoms with van der Waals surface area (Å²) in [4.78, 5) is 5.29. The number of hydrogen-bond donors (Lipinski definition) is 0. The van der Waals surface area contributed by atoms with E-state index in [-0.39, 0.29) is 0 Å². The summed E-state index contributed by atoms with van der Waals surface area (Å²) < 4.78 is 0. The molecule has 2 nitrogen and oxygen atoms in total. The molecule has 16 heavy (non-hydrogen) atoms. The van der Waals surface area contributed by atoms with Crippen molar-refractivity contribution >= 4 is 15.9 Å². The van der Waals surface area contributed by atoms with E-state index in [1.165, 1.54) is 57.3 Å². The number of likely N-dealkylation sites (N-methyl/N-ethyl adjacent to an activating group) is 1. The van der Waals surface area contributed by atoms with Gasteiger partial charge in [-0.3, -0.25) is 9.80 Å². The maximum absolute atomic E-state index is 3.71. The van der Waals surface area contributed by atoms with E-state index in [0.717, 1.165) is 6.04 Å². The van der Waals surface area contributed by atoms with Gasteiger partial charge >= 0.3 is 0 Å². The summed E-state index contributed by atoms with van der Waals surface area (Å²) in [7, 11) is 0. The second kappa shape index (κ2) is 5.36. The fourth-order valence-electron chi connectivity index (χ4n) is 3.17. The van der Waals surface area contributed by atoms with E-state index in [2.05, 4.69) is 39.6 Å². The van der Waals surface area contributed by atoms with E-state index in [9.17, 15) is 0 Å². The van der Waals surface area contributed by atoms with Gasteiger partial charge in [0, 0.05) is 37.6 Å². The standard InChI is InChI=1S/C13H25BrN2/c1-3-16-8-7-15(9-12(16)2)11-13(10-14)5-4-6-13/h12H,3-11H2,1-2H3. The van der Waals surface area contributed by atoms with Crippen molar-refractivity contribution in [2.45, 2.75) is 39.2 Å². The molecule has 1 saturated carbocycles. The second-order valence-corrected chi connectivity index (χ2v) is 6.26. The average Bonchev–Trinajstić information content (AvgIpc) is 2.24. The first-order chi connectivity index (χ1) is 7.69. The monoisotopic (exact) mass is 288 g/mol. The van der Waals surface area contributed by atoms with E-state index in [4.69, 9.17) is 0 Å². The van der Waals surface area contributed by atoms with Crippen LogP contribution in [0.4, 0.5) is 0 Å². The van der Waals surface area contributed by atoms with E-state index >= 15 is 0 Å². The van der Waals surface area contributed by atoms with Crippen molar-refractivity contribution < 1.29 is 0 Å². The Kier molecular flexibility index (Phi) is 4.31. The minimum Gasteiger partial charge on any atom is -0.300 e. The third-order valence-corrected chi connectivity index (χ3v) is 5.70. The van der Waals surface area contributed by atoms with Crippen LogP contribution in [0.5, 0.6) is 0 Å². The highest BCUT2D eigenvalue weighted by molar-refractivity contribution is 9.09. The van der Waals surface area contributed by atoms with Gasteiger partial charge in [-0.1, -0.05) is 29.3 Å². The van der Waals surface area contributed by atoms with Crippen LogP contribution in [-0.4, -0.2) is 53.9 Å². The van der Waals surface area contributed by atoms with E-state index < -0.39 is 0 Å². The summed E-state index contributed by atoms with van der Waals surface area (Å²) in [5, 5.41) is 1.20. The zero-order chi connectivity index (χ0) is 11.6. The molecule has 1 saturated heterocycles. The zero-order valence-electron chi connectivity index (χ0n) is 10.7. The Morgan fingerprint density at radius 1 is 1.31 bits per heavy atom. The number of piperazine rings is 1. The number of alkyl halides is 1. The lowest BCUT2D eigenvalue weighted by Crippen LogP contribution is -2.55. The zero-order valence-corrected chi connectivity index (χ0v) is 12.3. The maximum Gasteiger partial charge on any atom is 0.0195 e. The third-order valence-electron chi connectivity index (χ3n) is 4.51. The molecule has 0 radical (unpaired) electrons. The van der Waals surface area contributed by atoms with Gasteiger partial charge in [0.05, 0.1) is 0 Å². The first-order valence-electron chi connectivity index (χ1n) is 6.71. The molecule has 0 N–H and O–H groups in total. The summed E-state index contributed by atoms with van der Waals surface area (Å²) >= 11 is 3.71. The molecule has 1 aliphatic carbocycles. The van der Waals surface area contributed by atoms with Gasteiger partial charge in [0.25, 0.3) is 0 Å². The Bertz CT molecular complexity index is 222. The van der Waals surface area contributed by atoms with E-state index in [1.807, 2.05) is 0 Å². The minimum atomic E-state index is 0.619. The molecule has 3 heteroatoms. The molecule has 94 valence electrons. The Balaban J connectivity index is 1.83. The van der Waals surface area contributed by atoms with Gasteiger partial charge < -0.3 is 0 Å². The van der Waals surface area contributed by atoms with Gasteiger partial charge in [-0.05, 0) is 31.7 Å². The molecule has 0 aromatic rings. The summed E-state index contributed by atoms with van der Waals surface area (Å²) in [5.74, 6) is 0. The maximum atomic E-state index is 3.71. The van der Waals surface area contributed by atoms with Crippen molar-refractivity contribution in [3.8, 4) is 0 Å². The smallest absolute Gasteiger partial charge is 0.0195 e. The summed E-state index contributed by atoms with van der Waals surface area (Å²) in [5.41, 5.74) is 0.619. The van der Waals surface area contributed by atoms with Crippen molar-refractivity contribution in [1.29, 1.82) is 0 Å². The Morgan fingerprint density at radius 3 is 2.50 bits per heavy atom. The van der Waals surface area contributed by atoms with Crippen LogP contribution in [0.25, 0.3) is 0 Å². The van der Waals surface area contributed by atoms with Gasteiger partial charge in [-0.2, -0.15) is 0 Å². The number of hydrogen-bond acceptors (Lipinski definition) is 2. The number of nitrogens with zero attached hydrogens (tertiary/aromatic N) is 2. The molecule has 0 spiro atoms.